The van der Waals surface area contributed by atoms with Crippen LogP contribution in [0.15, 0.2) is 30.5 Å². The minimum absolute atomic E-state index is 0.133. The van der Waals surface area contributed by atoms with E-state index in [0.717, 1.165) is 37.2 Å². The Morgan fingerprint density at radius 3 is 3.10 bits per heavy atom. The van der Waals surface area contributed by atoms with Crippen molar-refractivity contribution >= 4 is 17.5 Å². The quantitative estimate of drug-likeness (QED) is 0.944. The van der Waals surface area contributed by atoms with Crippen molar-refractivity contribution in [2.75, 3.05) is 0 Å². The van der Waals surface area contributed by atoms with Crippen LogP contribution in [-0.4, -0.2) is 15.5 Å². The van der Waals surface area contributed by atoms with Gasteiger partial charge in [0.2, 0.25) is 0 Å². The molecule has 0 radical (unpaired) electrons. The monoisotopic (exact) mass is 289 g/mol. The second kappa shape index (κ2) is 5.67. The summed E-state index contributed by atoms with van der Waals surface area (Å²) in [6.45, 7) is 1.42. The summed E-state index contributed by atoms with van der Waals surface area (Å²) in [5, 5.41) is 3.55. The molecule has 1 aromatic heterocycles. The molecule has 0 fully saturated rings. The number of carbonyl (C=O) groups is 1. The molecule has 1 amide bonds. The fraction of sp³-hybridized carbons (Fsp3) is 0.333. The lowest BCUT2D eigenvalue weighted by atomic mass is 10.2. The molecule has 4 nitrogen and oxygen atoms in total. The van der Waals surface area contributed by atoms with Crippen LogP contribution in [0.25, 0.3) is 0 Å². The van der Waals surface area contributed by atoms with E-state index in [2.05, 4.69) is 14.9 Å². The Kier molecular flexibility index (Phi) is 3.74. The van der Waals surface area contributed by atoms with Crippen molar-refractivity contribution in [3.05, 3.63) is 52.6 Å². The van der Waals surface area contributed by atoms with Gasteiger partial charge < -0.3 is 9.88 Å². The van der Waals surface area contributed by atoms with E-state index in [4.69, 9.17) is 11.6 Å². The third-order valence-corrected chi connectivity index (χ3v) is 3.72. The van der Waals surface area contributed by atoms with E-state index in [1.54, 1.807) is 0 Å². The van der Waals surface area contributed by atoms with Gasteiger partial charge in [-0.2, -0.15) is 0 Å². The lowest BCUT2D eigenvalue weighted by Crippen LogP contribution is -2.23. The third kappa shape index (κ3) is 2.85. The number of benzene rings is 1. The van der Waals surface area contributed by atoms with Gasteiger partial charge in [0.25, 0.3) is 5.91 Å². The van der Waals surface area contributed by atoms with E-state index >= 15 is 0 Å². The van der Waals surface area contributed by atoms with Crippen molar-refractivity contribution in [3.8, 4) is 0 Å². The Labute approximate surface area is 122 Å². The molecule has 0 atom stereocenters. The highest BCUT2D eigenvalue weighted by Crippen LogP contribution is 2.15. The van der Waals surface area contributed by atoms with E-state index in [1.165, 1.54) is 0 Å². The average Bonchev–Trinajstić information content (AvgIpc) is 2.89. The van der Waals surface area contributed by atoms with Gasteiger partial charge in [-0.15, -0.1) is 0 Å². The zero-order chi connectivity index (χ0) is 13.9. The number of rotatable bonds is 3. The Bertz CT molecular complexity index is 612. The molecule has 1 aromatic carbocycles. The number of carbonyl (C=O) groups excluding carboxylic acids is 1. The van der Waals surface area contributed by atoms with Crippen molar-refractivity contribution in [1.82, 2.24) is 14.9 Å². The molecular formula is C15H16ClN3O. The van der Waals surface area contributed by atoms with E-state index in [-0.39, 0.29) is 5.91 Å². The second-order valence-corrected chi connectivity index (χ2v) is 5.44. The summed E-state index contributed by atoms with van der Waals surface area (Å²) in [5.41, 5.74) is 1.48. The lowest BCUT2D eigenvalue weighted by molar-refractivity contribution is 0.0946. The first-order valence-corrected chi connectivity index (χ1v) is 7.19. The summed E-state index contributed by atoms with van der Waals surface area (Å²) < 4.78 is 2.08. The van der Waals surface area contributed by atoms with Crippen molar-refractivity contribution < 1.29 is 4.79 Å². The van der Waals surface area contributed by atoms with Gasteiger partial charge in [-0.05, 0) is 30.5 Å². The largest absolute Gasteiger partial charge is 0.347 e. The highest BCUT2D eigenvalue weighted by atomic mass is 35.5. The van der Waals surface area contributed by atoms with Crippen LogP contribution in [0.4, 0.5) is 0 Å². The molecular weight excluding hydrogens is 274 g/mol. The van der Waals surface area contributed by atoms with Crippen molar-refractivity contribution in [3.63, 3.8) is 0 Å². The maximum atomic E-state index is 12.1. The average molecular weight is 290 g/mol. The van der Waals surface area contributed by atoms with Crippen LogP contribution in [0.5, 0.6) is 0 Å². The highest BCUT2D eigenvalue weighted by Gasteiger charge is 2.16. The molecule has 2 aromatic rings. The van der Waals surface area contributed by atoms with Gasteiger partial charge in [0.15, 0.2) is 0 Å². The second-order valence-electron chi connectivity index (χ2n) is 5.01. The first-order valence-electron chi connectivity index (χ1n) is 6.81. The molecule has 0 spiro atoms. The number of hydrogen-bond acceptors (Lipinski definition) is 2. The number of nitrogens with one attached hydrogen (secondary N) is 1. The summed E-state index contributed by atoms with van der Waals surface area (Å²) in [5.74, 6) is 0.885. The van der Waals surface area contributed by atoms with Gasteiger partial charge in [-0.3, -0.25) is 4.79 Å². The summed E-state index contributed by atoms with van der Waals surface area (Å²) in [6, 6.07) is 7.47. The number of fused-ring (bicyclic) bond motifs is 1. The SMILES string of the molecule is O=C(NCc1cccc(Cl)c1)c1cn2c(n1)CCCC2. The number of halogens is 1. The zero-order valence-electron chi connectivity index (χ0n) is 11.1. The Hall–Kier alpha value is -1.81. The van der Waals surface area contributed by atoms with Gasteiger partial charge in [0, 0.05) is 30.7 Å². The number of nitrogens with zero attached hydrogens (tertiary/aromatic N) is 2. The lowest BCUT2D eigenvalue weighted by Gasteiger charge is -2.11. The number of hydrogen-bond donors (Lipinski definition) is 1. The standard InChI is InChI=1S/C15H16ClN3O/c16-12-5-3-4-11(8-12)9-17-15(20)13-10-19-7-2-1-6-14(19)18-13/h3-5,8,10H,1-2,6-7,9H2,(H,17,20). The summed E-state index contributed by atoms with van der Waals surface area (Å²) in [4.78, 5) is 16.5. The minimum Gasteiger partial charge on any atom is -0.347 e. The van der Waals surface area contributed by atoms with Crippen LogP contribution in [0, 0.1) is 0 Å². The maximum Gasteiger partial charge on any atom is 0.271 e. The van der Waals surface area contributed by atoms with Crippen LogP contribution in [-0.2, 0) is 19.5 Å². The Morgan fingerprint density at radius 2 is 2.30 bits per heavy atom. The fourth-order valence-corrected chi connectivity index (χ4v) is 2.65. The highest BCUT2D eigenvalue weighted by molar-refractivity contribution is 6.30. The van der Waals surface area contributed by atoms with Crippen LogP contribution >= 0.6 is 11.6 Å². The Balaban J connectivity index is 1.66. The topological polar surface area (TPSA) is 46.9 Å². The van der Waals surface area contributed by atoms with E-state index in [9.17, 15) is 4.79 Å². The predicted molar refractivity (Wildman–Crippen MR) is 77.8 cm³/mol. The molecule has 0 saturated carbocycles. The molecule has 2 heterocycles. The van der Waals surface area contributed by atoms with Gasteiger partial charge in [-0.1, -0.05) is 23.7 Å². The van der Waals surface area contributed by atoms with E-state index in [1.807, 2.05) is 30.5 Å². The molecule has 1 aliphatic rings. The first kappa shape index (κ1) is 13.2. The predicted octanol–water partition coefficient (Wildman–Crippen LogP) is 2.80. The van der Waals surface area contributed by atoms with E-state index in [0.29, 0.717) is 17.3 Å². The van der Waals surface area contributed by atoms with Gasteiger partial charge in [0.05, 0.1) is 0 Å². The number of aryl methyl sites for hydroxylation is 2. The molecule has 5 heteroatoms. The van der Waals surface area contributed by atoms with Crippen molar-refractivity contribution in [2.24, 2.45) is 0 Å². The van der Waals surface area contributed by atoms with E-state index < -0.39 is 0 Å². The smallest absolute Gasteiger partial charge is 0.271 e. The molecule has 3 rings (SSSR count). The van der Waals surface area contributed by atoms with Crippen molar-refractivity contribution in [2.45, 2.75) is 32.4 Å². The molecule has 1 N–H and O–H groups in total. The third-order valence-electron chi connectivity index (χ3n) is 3.48. The molecule has 0 unspecified atom stereocenters. The summed E-state index contributed by atoms with van der Waals surface area (Å²) in [6.07, 6.45) is 5.12. The van der Waals surface area contributed by atoms with Crippen LogP contribution < -0.4 is 5.32 Å². The summed E-state index contributed by atoms with van der Waals surface area (Å²) in [7, 11) is 0. The van der Waals surface area contributed by atoms with Crippen molar-refractivity contribution in [1.29, 1.82) is 0 Å². The van der Waals surface area contributed by atoms with Crippen LogP contribution in [0.1, 0.15) is 34.7 Å². The number of imidazole rings is 1. The zero-order valence-corrected chi connectivity index (χ0v) is 11.9. The fourth-order valence-electron chi connectivity index (χ4n) is 2.44. The van der Waals surface area contributed by atoms with Gasteiger partial charge in [-0.25, -0.2) is 4.98 Å². The first-order chi connectivity index (χ1) is 9.72. The molecule has 0 bridgehead atoms. The number of amides is 1. The molecule has 0 aliphatic carbocycles. The Morgan fingerprint density at radius 1 is 1.40 bits per heavy atom. The molecule has 104 valence electrons. The van der Waals surface area contributed by atoms with Gasteiger partial charge in [0.1, 0.15) is 11.5 Å². The molecule has 20 heavy (non-hydrogen) atoms. The maximum absolute atomic E-state index is 12.1. The van der Waals surface area contributed by atoms with Crippen LogP contribution in [0.2, 0.25) is 5.02 Å². The summed E-state index contributed by atoms with van der Waals surface area (Å²) >= 11 is 5.92. The van der Waals surface area contributed by atoms with Crippen LogP contribution in [0.3, 0.4) is 0 Å². The molecule has 0 saturated heterocycles. The number of aromatic nitrogens is 2. The molecule has 1 aliphatic heterocycles. The normalized spacial score (nSPS) is 13.8. The van der Waals surface area contributed by atoms with Gasteiger partial charge >= 0.3 is 0 Å². The minimum atomic E-state index is -0.133.